The molecule has 0 N–H and O–H groups in total. The molecule has 1 fully saturated rings. The Labute approximate surface area is 229 Å². The van der Waals surface area contributed by atoms with Gasteiger partial charge in [0.1, 0.15) is 6.17 Å². The van der Waals surface area contributed by atoms with Gasteiger partial charge in [-0.3, -0.25) is 9.69 Å². The van der Waals surface area contributed by atoms with Gasteiger partial charge in [-0.05, 0) is 48.9 Å². The number of carbonyl (C=O) groups is 2. The van der Waals surface area contributed by atoms with E-state index in [-0.39, 0.29) is 11.7 Å². The second kappa shape index (κ2) is 11.6. The van der Waals surface area contributed by atoms with Crippen molar-refractivity contribution in [2.24, 2.45) is 4.99 Å². The lowest BCUT2D eigenvalue weighted by Crippen LogP contribution is -2.37. The lowest BCUT2D eigenvalue weighted by Gasteiger charge is -2.33. The third kappa shape index (κ3) is 4.95. The van der Waals surface area contributed by atoms with Gasteiger partial charge < -0.3 is 4.90 Å². The highest BCUT2D eigenvalue weighted by molar-refractivity contribution is 7.99. The van der Waals surface area contributed by atoms with E-state index in [1.54, 1.807) is 47.8 Å². The molecular formula is C26H24Cl2N4O2S2. The largest absolute Gasteiger partial charge is 0.337 e. The maximum absolute atomic E-state index is 13.2. The predicted molar refractivity (Wildman–Crippen MR) is 153 cm³/mol. The van der Waals surface area contributed by atoms with Crippen LogP contribution in [-0.4, -0.2) is 54.3 Å². The van der Waals surface area contributed by atoms with Gasteiger partial charge in [-0.2, -0.15) is 0 Å². The lowest BCUT2D eigenvalue weighted by atomic mass is 10.2. The Morgan fingerprint density at radius 3 is 1.94 bits per heavy atom. The summed E-state index contributed by atoms with van der Waals surface area (Å²) in [6, 6.07) is 22.3. The number of carbonyl (C=O) groups excluding carboxylic acids is 2. The van der Waals surface area contributed by atoms with Crippen LogP contribution >= 0.6 is 46.7 Å². The number of alkyl halides is 1. The van der Waals surface area contributed by atoms with Crippen molar-refractivity contribution in [2.45, 2.75) is 16.0 Å². The number of amidine groups is 1. The summed E-state index contributed by atoms with van der Waals surface area (Å²) in [5.74, 6) is -0.489. The number of thioether (sulfide) groups is 2. The number of likely N-dealkylation sites (N-methyl/N-ethyl adjacent to an activating group) is 1. The molecule has 1 aliphatic rings. The van der Waals surface area contributed by atoms with Crippen LogP contribution in [0.5, 0.6) is 0 Å². The van der Waals surface area contributed by atoms with Crippen molar-refractivity contribution in [3.63, 3.8) is 0 Å². The number of hydrogen-bond donors (Lipinski definition) is 0. The van der Waals surface area contributed by atoms with Crippen molar-refractivity contribution in [2.75, 3.05) is 35.2 Å². The molecule has 4 rings (SSSR count). The number of halogens is 2. The van der Waals surface area contributed by atoms with Gasteiger partial charge in [-0.15, -0.1) is 35.1 Å². The van der Waals surface area contributed by atoms with Crippen LogP contribution in [0, 0.1) is 0 Å². The molecule has 0 radical (unpaired) electrons. The number of imide groups is 1. The maximum Gasteiger partial charge on any atom is 0.337 e. The Bertz CT molecular complexity index is 1270. The number of benzene rings is 3. The SMILES string of the molecule is CSc1ccccc1N(c1ccccc1SC)C(CCl)N=C1C(=O)N(C)C(=O)N1c1ccccc1Cl. The highest BCUT2D eigenvalue weighted by Gasteiger charge is 2.43. The van der Waals surface area contributed by atoms with E-state index in [0.29, 0.717) is 10.7 Å². The first-order valence-electron chi connectivity index (χ1n) is 11.0. The van der Waals surface area contributed by atoms with Gasteiger partial charge in [-0.25, -0.2) is 14.7 Å². The Hall–Kier alpha value is -2.65. The highest BCUT2D eigenvalue weighted by Crippen LogP contribution is 2.40. The number of para-hydroxylation sites is 3. The first-order chi connectivity index (χ1) is 17.4. The van der Waals surface area contributed by atoms with Crippen molar-refractivity contribution >= 4 is 81.6 Å². The number of nitrogens with zero attached hydrogens (tertiary/aromatic N) is 4. The number of rotatable bonds is 8. The van der Waals surface area contributed by atoms with Crippen molar-refractivity contribution in [3.05, 3.63) is 77.8 Å². The topological polar surface area (TPSA) is 56.2 Å². The van der Waals surface area contributed by atoms with Crippen LogP contribution in [-0.2, 0) is 4.79 Å². The number of anilines is 3. The minimum Gasteiger partial charge on any atom is -0.315 e. The molecule has 1 saturated heterocycles. The van der Waals surface area contributed by atoms with E-state index in [4.69, 9.17) is 28.2 Å². The minimum absolute atomic E-state index is 0.0329. The van der Waals surface area contributed by atoms with E-state index in [9.17, 15) is 9.59 Å². The third-order valence-corrected chi connectivity index (χ3v) is 7.84. The average Bonchev–Trinajstić information content (AvgIpc) is 3.12. The average molecular weight is 560 g/mol. The molecule has 0 spiro atoms. The fourth-order valence-electron chi connectivity index (χ4n) is 3.95. The van der Waals surface area contributed by atoms with E-state index in [0.717, 1.165) is 26.1 Å². The summed E-state index contributed by atoms with van der Waals surface area (Å²) in [5.41, 5.74) is 2.18. The van der Waals surface area contributed by atoms with Crippen LogP contribution in [0.15, 0.2) is 87.6 Å². The van der Waals surface area contributed by atoms with Gasteiger partial charge in [0.15, 0.2) is 0 Å². The summed E-state index contributed by atoms with van der Waals surface area (Å²) in [4.78, 5) is 37.5. The molecule has 186 valence electrons. The quantitative estimate of drug-likeness (QED) is 0.169. The Morgan fingerprint density at radius 2 is 1.42 bits per heavy atom. The van der Waals surface area contributed by atoms with Gasteiger partial charge in [-0.1, -0.05) is 48.0 Å². The van der Waals surface area contributed by atoms with Crippen LogP contribution in [0.1, 0.15) is 0 Å². The third-order valence-electron chi connectivity index (χ3n) is 5.68. The fraction of sp³-hybridized carbons (Fsp3) is 0.192. The minimum atomic E-state index is -0.698. The van der Waals surface area contributed by atoms with Crippen molar-refractivity contribution in [1.29, 1.82) is 0 Å². The van der Waals surface area contributed by atoms with Gasteiger partial charge >= 0.3 is 6.03 Å². The van der Waals surface area contributed by atoms with E-state index in [1.165, 1.54) is 11.9 Å². The van der Waals surface area contributed by atoms with Crippen LogP contribution < -0.4 is 9.80 Å². The van der Waals surface area contributed by atoms with Gasteiger partial charge in [0.25, 0.3) is 5.91 Å². The van der Waals surface area contributed by atoms with E-state index >= 15 is 0 Å². The predicted octanol–water partition coefficient (Wildman–Crippen LogP) is 6.98. The molecule has 0 aromatic heterocycles. The summed E-state index contributed by atoms with van der Waals surface area (Å²) in [6.07, 6.45) is 3.31. The van der Waals surface area contributed by atoms with E-state index in [2.05, 4.69) is 0 Å². The summed E-state index contributed by atoms with van der Waals surface area (Å²) < 4.78 is 0. The number of amides is 3. The standard InChI is InChI=1S/C26H24Cl2N4O2S2/c1-30-25(33)24(32(26(30)34)18-11-5-4-10-17(18)28)29-23(16-27)31(19-12-6-8-14-21(19)35-2)20-13-7-9-15-22(20)36-3/h4-15,23H,16H2,1-3H3. The zero-order chi connectivity index (χ0) is 25.8. The Kier molecular flexibility index (Phi) is 8.51. The Morgan fingerprint density at radius 1 is 0.889 bits per heavy atom. The number of hydrogen-bond acceptors (Lipinski definition) is 6. The van der Waals surface area contributed by atoms with Crippen LogP contribution in [0.25, 0.3) is 0 Å². The molecule has 1 unspecified atom stereocenters. The molecule has 10 heteroatoms. The highest BCUT2D eigenvalue weighted by atomic mass is 35.5. The maximum atomic E-state index is 13.2. The second-order valence-electron chi connectivity index (χ2n) is 7.73. The molecule has 1 aliphatic heterocycles. The molecule has 3 amide bonds. The molecule has 3 aromatic carbocycles. The first-order valence-corrected chi connectivity index (χ1v) is 14.3. The van der Waals surface area contributed by atoms with Gasteiger partial charge in [0, 0.05) is 16.8 Å². The van der Waals surface area contributed by atoms with Crippen molar-refractivity contribution < 1.29 is 9.59 Å². The lowest BCUT2D eigenvalue weighted by molar-refractivity contribution is -0.119. The van der Waals surface area contributed by atoms with Gasteiger partial charge in [0.05, 0.1) is 28.0 Å². The van der Waals surface area contributed by atoms with Crippen molar-refractivity contribution in [3.8, 4) is 0 Å². The molecular weight excluding hydrogens is 535 g/mol. The Balaban J connectivity index is 1.92. The van der Waals surface area contributed by atoms with Crippen LogP contribution in [0.4, 0.5) is 21.9 Å². The summed E-state index contributed by atoms with van der Waals surface area (Å²) in [5, 5.41) is 0.335. The zero-order valence-electron chi connectivity index (χ0n) is 19.9. The summed E-state index contributed by atoms with van der Waals surface area (Å²) >= 11 is 16.2. The smallest absolute Gasteiger partial charge is 0.315 e. The van der Waals surface area contributed by atoms with E-state index < -0.39 is 18.1 Å². The monoisotopic (exact) mass is 558 g/mol. The fourth-order valence-corrected chi connectivity index (χ4v) is 5.55. The van der Waals surface area contributed by atoms with Crippen molar-refractivity contribution in [1.82, 2.24) is 4.90 Å². The molecule has 36 heavy (non-hydrogen) atoms. The van der Waals surface area contributed by atoms with Crippen LogP contribution in [0.2, 0.25) is 5.02 Å². The molecule has 1 atom stereocenters. The molecule has 0 aliphatic carbocycles. The molecule has 0 saturated carbocycles. The van der Waals surface area contributed by atoms with Gasteiger partial charge in [0.2, 0.25) is 5.84 Å². The molecule has 1 heterocycles. The summed E-state index contributed by atoms with van der Waals surface area (Å²) in [7, 11) is 1.43. The normalized spacial score (nSPS) is 15.6. The molecule has 3 aromatic rings. The zero-order valence-corrected chi connectivity index (χ0v) is 23.0. The van der Waals surface area contributed by atoms with E-state index in [1.807, 2.05) is 65.9 Å². The summed E-state index contributed by atoms with van der Waals surface area (Å²) in [6.45, 7) is 0. The van der Waals surface area contributed by atoms with Crippen LogP contribution in [0.3, 0.4) is 0 Å². The number of aliphatic imine (C=N–C) groups is 1. The second-order valence-corrected chi connectivity index (χ2v) is 10.1. The number of urea groups is 1. The molecule has 6 nitrogen and oxygen atoms in total. The first kappa shape index (κ1) is 26.4. The molecule has 0 bridgehead atoms.